The van der Waals surface area contributed by atoms with E-state index in [1.165, 1.54) is 0 Å². The number of nitrogens with zero attached hydrogens (tertiary/aromatic N) is 1. The second-order valence-electron chi connectivity index (χ2n) is 6.51. The number of carbonyl (C=O) groups is 2. The largest absolute Gasteiger partial charge is 0.444 e. The summed E-state index contributed by atoms with van der Waals surface area (Å²) in [5.74, 6) is 0.0574. The Morgan fingerprint density at radius 3 is 2.45 bits per heavy atom. The van der Waals surface area contributed by atoms with Gasteiger partial charge in [0.2, 0.25) is 0 Å². The van der Waals surface area contributed by atoms with E-state index < -0.39 is 5.60 Å². The van der Waals surface area contributed by atoms with Crippen molar-refractivity contribution >= 4 is 27.8 Å². The molecule has 22 heavy (non-hydrogen) atoms. The van der Waals surface area contributed by atoms with Gasteiger partial charge in [-0.2, -0.15) is 0 Å². The number of Topliss-reactive ketones (excluding diaryl/α,β-unsaturated/α-hetero) is 1. The van der Waals surface area contributed by atoms with Crippen LogP contribution in [0, 0.1) is 0 Å². The van der Waals surface area contributed by atoms with E-state index in [-0.39, 0.29) is 17.9 Å². The molecule has 1 unspecified atom stereocenters. The van der Waals surface area contributed by atoms with Crippen LogP contribution in [-0.4, -0.2) is 34.3 Å². The first-order valence-electron chi connectivity index (χ1n) is 7.50. The minimum atomic E-state index is -0.490. The zero-order valence-electron chi connectivity index (χ0n) is 13.3. The molecule has 1 aliphatic heterocycles. The fourth-order valence-electron chi connectivity index (χ4n) is 2.62. The number of carbonyl (C=O) groups excluding carboxylic acids is 2. The molecule has 0 radical (unpaired) electrons. The standard InChI is InChI=1S/C17H22BrNO3/c1-17(2,3)22-16(21)19-10-4-5-14(19)12-6-8-13(9-7-12)15(20)11-18/h6-9,14H,4-5,10-11H2,1-3H3. The van der Waals surface area contributed by atoms with Crippen LogP contribution in [-0.2, 0) is 4.74 Å². The molecule has 1 aromatic carbocycles. The molecule has 0 N–H and O–H groups in total. The maximum Gasteiger partial charge on any atom is 0.410 e. The van der Waals surface area contributed by atoms with Gasteiger partial charge in [-0.1, -0.05) is 40.2 Å². The Morgan fingerprint density at radius 2 is 1.91 bits per heavy atom. The van der Waals surface area contributed by atoms with E-state index in [9.17, 15) is 9.59 Å². The number of hydrogen-bond acceptors (Lipinski definition) is 3. The molecule has 0 spiro atoms. The summed E-state index contributed by atoms with van der Waals surface area (Å²) in [5.41, 5.74) is 1.24. The van der Waals surface area contributed by atoms with E-state index in [1.54, 1.807) is 4.90 Å². The second-order valence-corrected chi connectivity index (χ2v) is 7.07. The van der Waals surface area contributed by atoms with Crippen LogP contribution >= 0.6 is 15.9 Å². The SMILES string of the molecule is CC(C)(C)OC(=O)N1CCCC1c1ccc(C(=O)CBr)cc1. The number of likely N-dealkylation sites (tertiary alicyclic amines) is 1. The summed E-state index contributed by atoms with van der Waals surface area (Å²) in [5, 5.41) is 0.319. The molecule has 4 nitrogen and oxygen atoms in total. The Balaban J connectivity index is 2.13. The molecule has 1 amide bonds. The Bertz CT molecular complexity index is 548. The Kier molecular flexibility index (Phi) is 5.27. The average Bonchev–Trinajstić information content (AvgIpc) is 2.94. The Labute approximate surface area is 140 Å². The highest BCUT2D eigenvalue weighted by Gasteiger charge is 2.33. The first-order chi connectivity index (χ1) is 10.3. The average molecular weight is 368 g/mol. The van der Waals surface area contributed by atoms with Gasteiger partial charge in [-0.05, 0) is 39.2 Å². The van der Waals surface area contributed by atoms with E-state index in [2.05, 4.69) is 15.9 Å². The lowest BCUT2D eigenvalue weighted by Crippen LogP contribution is -2.36. The summed E-state index contributed by atoms with van der Waals surface area (Å²) in [6.07, 6.45) is 1.62. The maximum atomic E-state index is 12.3. The maximum absolute atomic E-state index is 12.3. The third-order valence-corrected chi connectivity index (χ3v) is 4.13. The van der Waals surface area contributed by atoms with Gasteiger partial charge in [0.15, 0.2) is 5.78 Å². The van der Waals surface area contributed by atoms with Crippen molar-refractivity contribution in [2.24, 2.45) is 0 Å². The van der Waals surface area contributed by atoms with Crippen LogP contribution < -0.4 is 0 Å². The van der Waals surface area contributed by atoms with Crippen molar-refractivity contribution < 1.29 is 14.3 Å². The topological polar surface area (TPSA) is 46.6 Å². The fraction of sp³-hybridized carbons (Fsp3) is 0.529. The van der Waals surface area contributed by atoms with E-state index in [0.717, 1.165) is 18.4 Å². The molecule has 120 valence electrons. The van der Waals surface area contributed by atoms with Gasteiger partial charge in [-0.15, -0.1) is 0 Å². The van der Waals surface area contributed by atoms with Crippen LogP contribution in [0.15, 0.2) is 24.3 Å². The van der Waals surface area contributed by atoms with Crippen molar-refractivity contribution in [1.29, 1.82) is 0 Å². The van der Waals surface area contributed by atoms with Crippen molar-refractivity contribution in [3.05, 3.63) is 35.4 Å². The first-order valence-corrected chi connectivity index (χ1v) is 8.63. The zero-order valence-corrected chi connectivity index (χ0v) is 14.9. The number of amides is 1. The quantitative estimate of drug-likeness (QED) is 0.589. The number of halogens is 1. The zero-order chi connectivity index (χ0) is 16.3. The van der Waals surface area contributed by atoms with Gasteiger partial charge in [0.05, 0.1) is 11.4 Å². The van der Waals surface area contributed by atoms with Crippen molar-refractivity contribution in [1.82, 2.24) is 4.90 Å². The monoisotopic (exact) mass is 367 g/mol. The van der Waals surface area contributed by atoms with Crippen molar-refractivity contribution in [3.8, 4) is 0 Å². The molecule has 0 aromatic heterocycles. The molecule has 0 aliphatic carbocycles. The van der Waals surface area contributed by atoms with Crippen molar-refractivity contribution in [2.45, 2.75) is 45.3 Å². The van der Waals surface area contributed by atoms with Gasteiger partial charge in [0, 0.05) is 12.1 Å². The van der Waals surface area contributed by atoms with Crippen LogP contribution in [0.5, 0.6) is 0 Å². The molecule has 2 rings (SSSR count). The van der Waals surface area contributed by atoms with E-state index in [0.29, 0.717) is 17.4 Å². The number of benzene rings is 1. The summed E-state index contributed by atoms with van der Waals surface area (Å²) in [6.45, 7) is 6.33. The summed E-state index contributed by atoms with van der Waals surface area (Å²) in [7, 11) is 0. The molecule has 5 heteroatoms. The number of hydrogen-bond donors (Lipinski definition) is 0. The van der Waals surface area contributed by atoms with E-state index >= 15 is 0 Å². The minimum Gasteiger partial charge on any atom is -0.444 e. The lowest BCUT2D eigenvalue weighted by Gasteiger charge is -2.28. The second kappa shape index (κ2) is 6.82. The Morgan fingerprint density at radius 1 is 1.27 bits per heavy atom. The van der Waals surface area contributed by atoms with Gasteiger partial charge in [-0.3, -0.25) is 4.79 Å². The molecule has 1 aromatic rings. The Hall–Kier alpha value is -1.36. The summed E-state index contributed by atoms with van der Waals surface area (Å²) >= 11 is 3.17. The molecule has 1 aliphatic rings. The highest BCUT2D eigenvalue weighted by Crippen LogP contribution is 2.33. The summed E-state index contributed by atoms with van der Waals surface area (Å²) in [6, 6.07) is 7.55. The van der Waals surface area contributed by atoms with Crippen LogP contribution in [0.25, 0.3) is 0 Å². The molecule has 1 fully saturated rings. The number of alkyl halides is 1. The van der Waals surface area contributed by atoms with Gasteiger partial charge in [-0.25, -0.2) is 4.79 Å². The minimum absolute atomic E-state index is 0.0305. The normalized spacial score (nSPS) is 18.4. The van der Waals surface area contributed by atoms with Gasteiger partial charge >= 0.3 is 6.09 Å². The summed E-state index contributed by atoms with van der Waals surface area (Å²) in [4.78, 5) is 25.7. The van der Waals surface area contributed by atoms with E-state index in [4.69, 9.17) is 4.74 Å². The lowest BCUT2D eigenvalue weighted by atomic mass is 10.0. The molecule has 0 bridgehead atoms. The highest BCUT2D eigenvalue weighted by molar-refractivity contribution is 9.09. The number of ketones is 1. The molecule has 1 saturated heterocycles. The highest BCUT2D eigenvalue weighted by atomic mass is 79.9. The molecular weight excluding hydrogens is 346 g/mol. The third-order valence-electron chi connectivity index (χ3n) is 3.62. The molecule has 1 heterocycles. The predicted octanol–water partition coefficient (Wildman–Crippen LogP) is 4.34. The predicted molar refractivity (Wildman–Crippen MR) is 89.5 cm³/mol. The molecule has 0 saturated carbocycles. The van der Waals surface area contributed by atoms with Gasteiger partial charge in [0.25, 0.3) is 0 Å². The van der Waals surface area contributed by atoms with Gasteiger partial charge in [0.1, 0.15) is 5.60 Å². The lowest BCUT2D eigenvalue weighted by molar-refractivity contribution is 0.0224. The first kappa shape index (κ1) is 17.0. The van der Waals surface area contributed by atoms with Crippen LogP contribution in [0.1, 0.15) is 55.6 Å². The van der Waals surface area contributed by atoms with Crippen LogP contribution in [0.2, 0.25) is 0 Å². The number of ether oxygens (including phenoxy) is 1. The van der Waals surface area contributed by atoms with Crippen molar-refractivity contribution in [2.75, 3.05) is 11.9 Å². The molecular formula is C17H22BrNO3. The van der Waals surface area contributed by atoms with Crippen LogP contribution in [0.3, 0.4) is 0 Å². The fourth-order valence-corrected chi connectivity index (χ4v) is 2.94. The van der Waals surface area contributed by atoms with Crippen molar-refractivity contribution in [3.63, 3.8) is 0 Å². The van der Waals surface area contributed by atoms with Gasteiger partial charge < -0.3 is 9.64 Å². The number of rotatable bonds is 3. The van der Waals surface area contributed by atoms with E-state index in [1.807, 2.05) is 45.0 Å². The summed E-state index contributed by atoms with van der Waals surface area (Å²) < 4.78 is 5.48. The van der Waals surface area contributed by atoms with Crippen LogP contribution in [0.4, 0.5) is 4.79 Å². The third kappa shape index (κ3) is 4.09. The molecule has 1 atom stereocenters. The smallest absolute Gasteiger partial charge is 0.410 e.